The third-order valence-electron chi connectivity index (χ3n) is 1.55. The summed E-state index contributed by atoms with van der Waals surface area (Å²) in [5, 5.41) is 1.86. The molecule has 0 heterocycles. The van der Waals surface area contributed by atoms with E-state index in [1.165, 1.54) is 13.2 Å². The van der Waals surface area contributed by atoms with E-state index >= 15 is 0 Å². The van der Waals surface area contributed by atoms with Crippen molar-refractivity contribution in [2.45, 2.75) is 13.3 Å². The zero-order valence-corrected chi connectivity index (χ0v) is 10.6. The number of hydrogen-bond donors (Lipinski definition) is 4. The van der Waals surface area contributed by atoms with E-state index < -0.39 is 33.5 Å². The van der Waals surface area contributed by atoms with Crippen molar-refractivity contribution in [3.63, 3.8) is 0 Å². The Bertz CT molecular complexity index is 376. The minimum absolute atomic E-state index is 0.143. The lowest BCUT2D eigenvalue weighted by Gasteiger charge is -2.14. The highest BCUT2D eigenvalue weighted by atomic mass is 31.3. The molecule has 0 rings (SSSR count). The summed E-state index contributed by atoms with van der Waals surface area (Å²) in [6.07, 6.45) is 0.547. The molecule has 1 radical (unpaired) electrons. The van der Waals surface area contributed by atoms with Gasteiger partial charge in [0.2, 0.25) is 12.2 Å². The maximum Gasteiger partial charge on any atom is 0.476 e. The van der Waals surface area contributed by atoms with Crippen LogP contribution >= 0.6 is 15.4 Å². The third kappa shape index (κ3) is 7.38. The smallest absolute Gasteiger partial charge is 0.344 e. The van der Waals surface area contributed by atoms with Crippen LogP contribution in [0, 0.1) is 5.92 Å². The van der Waals surface area contributed by atoms with Crippen molar-refractivity contribution in [1.29, 1.82) is 0 Å². The molecule has 0 saturated heterocycles. The Labute approximate surface area is 96.9 Å². The predicted octanol–water partition coefficient (Wildman–Crippen LogP) is -0.509. The second kappa shape index (κ2) is 6.39. The van der Waals surface area contributed by atoms with Crippen molar-refractivity contribution >= 4 is 27.6 Å². The average Bonchev–Trinajstić information content (AvgIpc) is 2.13. The van der Waals surface area contributed by atoms with Gasteiger partial charge in [-0.2, -0.15) is 0 Å². The van der Waals surface area contributed by atoms with Gasteiger partial charge in [0.1, 0.15) is 12.2 Å². The summed E-state index contributed by atoms with van der Waals surface area (Å²) in [4.78, 5) is 47.0. The first kappa shape index (κ1) is 16.4. The maximum atomic E-state index is 11.2. The number of hydrogen-bond acceptors (Lipinski definition) is 5. The van der Waals surface area contributed by atoms with Crippen molar-refractivity contribution < 1.29 is 37.7 Å². The summed E-state index contributed by atoms with van der Waals surface area (Å²) in [6, 6.07) is 0. The topological polar surface area (TPSA) is 150 Å². The number of phosphoric acid groups is 1. The highest BCUT2D eigenvalue weighted by molar-refractivity contribution is 7.63. The molecule has 99 valence electrons. The van der Waals surface area contributed by atoms with Crippen LogP contribution < -0.4 is 5.32 Å². The standard InChI is InChI=1S/C6H12NO8P2/c1-2-5(3-8)6(9)7-4-16(10,11)15-17(12,13)14/h5H,2,4H2,1H3,(H,7,9)(H,10,11)(H2,12,13,14). The van der Waals surface area contributed by atoms with Crippen molar-refractivity contribution in [1.82, 2.24) is 5.32 Å². The second-order valence-electron chi connectivity index (χ2n) is 2.99. The number of carbonyl (C=O) groups is 1. The fourth-order valence-electron chi connectivity index (χ4n) is 0.818. The highest BCUT2D eigenvalue weighted by Crippen LogP contribution is 2.56. The molecule has 0 spiro atoms. The van der Waals surface area contributed by atoms with E-state index in [0.29, 0.717) is 0 Å². The van der Waals surface area contributed by atoms with Gasteiger partial charge in [-0.3, -0.25) is 14.2 Å². The van der Waals surface area contributed by atoms with Crippen molar-refractivity contribution in [2.75, 3.05) is 6.29 Å². The number of nitrogens with one attached hydrogen (secondary N) is 1. The molecule has 0 aromatic carbocycles. The van der Waals surface area contributed by atoms with Crippen molar-refractivity contribution in [3.8, 4) is 0 Å². The normalized spacial score (nSPS) is 16.9. The molecular weight excluding hydrogens is 276 g/mol. The van der Waals surface area contributed by atoms with E-state index in [4.69, 9.17) is 14.7 Å². The lowest BCUT2D eigenvalue weighted by molar-refractivity contribution is -0.122. The summed E-state index contributed by atoms with van der Waals surface area (Å²) in [6.45, 7) is 1.53. The average molecular weight is 288 g/mol. The molecule has 0 aliphatic heterocycles. The summed E-state index contributed by atoms with van der Waals surface area (Å²) < 4.78 is 25.0. The van der Waals surface area contributed by atoms with Gasteiger partial charge in [-0.05, 0) is 6.42 Å². The summed E-state index contributed by atoms with van der Waals surface area (Å²) in [7, 11) is -9.78. The van der Waals surface area contributed by atoms with Crippen molar-refractivity contribution in [3.05, 3.63) is 0 Å². The van der Waals surface area contributed by atoms with E-state index in [1.54, 1.807) is 0 Å². The van der Waals surface area contributed by atoms with Gasteiger partial charge in [-0.25, -0.2) is 8.88 Å². The van der Waals surface area contributed by atoms with Crippen LogP contribution in [0.1, 0.15) is 13.3 Å². The lowest BCUT2D eigenvalue weighted by Crippen LogP contribution is -2.32. The van der Waals surface area contributed by atoms with Crippen LogP contribution in [0.3, 0.4) is 0 Å². The van der Waals surface area contributed by atoms with Crippen LogP contribution in [0.15, 0.2) is 0 Å². The number of rotatable bonds is 7. The first-order valence-electron chi connectivity index (χ1n) is 4.35. The molecule has 1 amide bonds. The summed E-state index contributed by atoms with van der Waals surface area (Å²) in [5.74, 6) is -1.98. The van der Waals surface area contributed by atoms with Crippen LogP contribution in [0.4, 0.5) is 0 Å². The van der Waals surface area contributed by atoms with E-state index in [9.17, 15) is 18.7 Å². The minimum Gasteiger partial charge on any atom is -0.344 e. The molecular formula is C6H12NO8P2. The molecule has 0 aliphatic carbocycles. The molecule has 2 unspecified atom stereocenters. The fourth-order valence-corrected chi connectivity index (χ4v) is 2.73. The summed E-state index contributed by atoms with van der Waals surface area (Å²) in [5.41, 5.74) is 0. The molecule has 0 bridgehead atoms. The van der Waals surface area contributed by atoms with Gasteiger partial charge in [-0.1, -0.05) is 6.92 Å². The third-order valence-corrected chi connectivity index (χ3v) is 3.98. The van der Waals surface area contributed by atoms with Gasteiger partial charge in [0.05, 0.1) is 0 Å². The Morgan fingerprint density at radius 3 is 2.29 bits per heavy atom. The van der Waals surface area contributed by atoms with Gasteiger partial charge in [-0.15, -0.1) is 0 Å². The Kier molecular flexibility index (Phi) is 6.18. The van der Waals surface area contributed by atoms with Gasteiger partial charge in [0.15, 0.2) is 0 Å². The van der Waals surface area contributed by atoms with Gasteiger partial charge in [0, 0.05) is 0 Å². The zero-order valence-electron chi connectivity index (χ0n) is 8.77. The minimum atomic E-state index is -5.13. The molecule has 0 aromatic rings. The number of amides is 1. The lowest BCUT2D eigenvalue weighted by atomic mass is 10.1. The van der Waals surface area contributed by atoms with Gasteiger partial charge < -0.3 is 20.0 Å². The molecule has 17 heavy (non-hydrogen) atoms. The van der Waals surface area contributed by atoms with E-state index in [0.717, 1.165) is 0 Å². The molecule has 0 aliphatic rings. The fraction of sp³-hybridized carbons (Fsp3) is 0.667. The monoisotopic (exact) mass is 288 g/mol. The quantitative estimate of drug-likeness (QED) is 0.361. The number of carbonyl (C=O) groups excluding carboxylic acids is 2. The van der Waals surface area contributed by atoms with E-state index in [1.807, 2.05) is 5.32 Å². The molecule has 9 nitrogen and oxygen atoms in total. The first-order valence-corrected chi connectivity index (χ1v) is 7.64. The second-order valence-corrected chi connectivity index (χ2v) is 6.21. The van der Waals surface area contributed by atoms with Crippen LogP contribution in [-0.4, -0.2) is 33.2 Å². The van der Waals surface area contributed by atoms with Gasteiger partial charge >= 0.3 is 15.4 Å². The first-order chi connectivity index (χ1) is 7.61. The SMILES string of the molecule is CCC([C]=O)C(=O)NCP(=O)(O)OP(=O)(O)O. The predicted molar refractivity (Wildman–Crippen MR) is 55.4 cm³/mol. The molecule has 4 N–H and O–H groups in total. The van der Waals surface area contributed by atoms with E-state index in [-0.39, 0.29) is 6.42 Å². The van der Waals surface area contributed by atoms with Crippen LogP contribution in [0.2, 0.25) is 0 Å². The summed E-state index contributed by atoms with van der Waals surface area (Å²) >= 11 is 0. The van der Waals surface area contributed by atoms with Crippen LogP contribution in [0.25, 0.3) is 0 Å². The van der Waals surface area contributed by atoms with E-state index in [2.05, 4.69) is 4.31 Å². The molecule has 0 saturated carbocycles. The Morgan fingerprint density at radius 1 is 1.41 bits per heavy atom. The Hall–Kier alpha value is -0.560. The zero-order chi connectivity index (χ0) is 13.7. The molecule has 0 aromatic heterocycles. The Balaban J connectivity index is 4.37. The maximum absolute atomic E-state index is 11.2. The van der Waals surface area contributed by atoms with Crippen LogP contribution in [-0.2, 0) is 23.0 Å². The molecule has 0 fully saturated rings. The molecule has 11 heteroatoms. The largest absolute Gasteiger partial charge is 0.476 e. The Morgan fingerprint density at radius 2 is 1.94 bits per heavy atom. The van der Waals surface area contributed by atoms with Crippen molar-refractivity contribution in [2.24, 2.45) is 5.92 Å². The highest BCUT2D eigenvalue weighted by Gasteiger charge is 2.31. The molecule has 2 atom stereocenters. The van der Waals surface area contributed by atoms with Crippen LogP contribution in [0.5, 0.6) is 0 Å². The van der Waals surface area contributed by atoms with Gasteiger partial charge in [0.25, 0.3) is 0 Å².